The average Bonchev–Trinajstić information content (AvgIpc) is 3.19. The fourth-order valence-electron chi connectivity index (χ4n) is 4.43. The Balaban J connectivity index is 1.23. The number of nitrogens with one attached hydrogen (secondary N) is 1. The van der Waals surface area contributed by atoms with Crippen molar-refractivity contribution in [2.24, 2.45) is 5.92 Å². The topological polar surface area (TPSA) is 72.9 Å². The van der Waals surface area contributed by atoms with Crippen molar-refractivity contribution < 1.29 is 19.0 Å². The molecular weight excluding hydrogens is 394 g/mol. The molecule has 2 aliphatic heterocycles. The summed E-state index contributed by atoms with van der Waals surface area (Å²) in [6, 6.07) is 10.1. The molecule has 1 aromatic carbocycles. The molecule has 2 saturated heterocycles. The summed E-state index contributed by atoms with van der Waals surface area (Å²) in [5, 5.41) is 3.78. The van der Waals surface area contributed by atoms with Crippen LogP contribution in [0.1, 0.15) is 38.5 Å². The second-order valence-corrected chi connectivity index (χ2v) is 8.58. The third kappa shape index (κ3) is 6.31. The summed E-state index contributed by atoms with van der Waals surface area (Å²) in [5.74, 6) is 1.76. The van der Waals surface area contributed by atoms with Gasteiger partial charge < -0.3 is 24.4 Å². The van der Waals surface area contributed by atoms with Crippen molar-refractivity contribution in [3.63, 3.8) is 0 Å². The van der Waals surface area contributed by atoms with Crippen molar-refractivity contribution >= 4 is 17.0 Å². The first-order valence-corrected chi connectivity index (χ1v) is 11.4. The molecule has 0 saturated carbocycles. The lowest BCUT2D eigenvalue weighted by Crippen LogP contribution is -2.30. The van der Waals surface area contributed by atoms with Gasteiger partial charge in [0.2, 0.25) is 5.88 Å². The fourth-order valence-corrected chi connectivity index (χ4v) is 4.43. The minimum atomic E-state index is -0.462. The van der Waals surface area contributed by atoms with Crippen molar-refractivity contribution in [3.8, 4) is 11.6 Å². The smallest absolute Gasteiger partial charge is 0.413 e. The van der Waals surface area contributed by atoms with E-state index in [1.165, 1.54) is 19.4 Å². The Morgan fingerprint density at radius 1 is 1.19 bits per heavy atom. The molecule has 0 radical (unpaired) electrons. The van der Waals surface area contributed by atoms with Gasteiger partial charge in [-0.15, -0.1) is 0 Å². The molecule has 4 rings (SSSR count). The molecule has 31 heavy (non-hydrogen) atoms. The fraction of sp³-hybridized carbons (Fsp3) is 0.583. The predicted molar refractivity (Wildman–Crippen MR) is 120 cm³/mol. The molecule has 1 aromatic heterocycles. The normalized spacial score (nSPS) is 20.1. The predicted octanol–water partition coefficient (Wildman–Crippen LogP) is 4.00. The van der Waals surface area contributed by atoms with Crippen LogP contribution in [0.2, 0.25) is 0 Å². The highest BCUT2D eigenvalue weighted by Gasteiger charge is 2.20. The van der Waals surface area contributed by atoms with Gasteiger partial charge in [-0.05, 0) is 82.3 Å². The van der Waals surface area contributed by atoms with Gasteiger partial charge in [-0.25, -0.2) is 9.78 Å². The molecule has 1 amide bonds. The molecule has 7 heteroatoms. The molecule has 3 heterocycles. The van der Waals surface area contributed by atoms with Gasteiger partial charge in [0.05, 0.1) is 12.1 Å². The van der Waals surface area contributed by atoms with Crippen molar-refractivity contribution in [2.75, 3.05) is 40.0 Å². The van der Waals surface area contributed by atoms with E-state index in [0.29, 0.717) is 31.0 Å². The van der Waals surface area contributed by atoms with Crippen molar-refractivity contribution in [1.82, 2.24) is 15.2 Å². The van der Waals surface area contributed by atoms with Crippen LogP contribution in [0.5, 0.6) is 11.6 Å². The first-order valence-electron chi connectivity index (χ1n) is 11.4. The van der Waals surface area contributed by atoms with Crippen molar-refractivity contribution in [3.05, 3.63) is 30.3 Å². The van der Waals surface area contributed by atoms with Gasteiger partial charge in [-0.2, -0.15) is 0 Å². The zero-order valence-corrected chi connectivity index (χ0v) is 18.3. The second-order valence-electron chi connectivity index (χ2n) is 8.58. The van der Waals surface area contributed by atoms with E-state index in [1.54, 1.807) is 6.07 Å². The van der Waals surface area contributed by atoms with E-state index in [4.69, 9.17) is 14.2 Å². The monoisotopic (exact) mass is 427 g/mol. The molecule has 1 atom stereocenters. The molecule has 7 nitrogen and oxygen atoms in total. The largest absolute Gasteiger partial charge is 0.494 e. The van der Waals surface area contributed by atoms with E-state index in [2.05, 4.69) is 22.2 Å². The van der Waals surface area contributed by atoms with E-state index in [-0.39, 0.29) is 0 Å². The number of carbonyl (C=O) groups is 1. The Kier molecular flexibility index (Phi) is 7.59. The number of carbonyl (C=O) groups excluding carboxylic acids is 1. The summed E-state index contributed by atoms with van der Waals surface area (Å²) in [4.78, 5) is 18.9. The molecule has 0 bridgehead atoms. The number of nitrogens with zero attached hydrogens (tertiary/aromatic N) is 2. The van der Waals surface area contributed by atoms with E-state index in [1.807, 2.05) is 24.3 Å². The summed E-state index contributed by atoms with van der Waals surface area (Å²) >= 11 is 0. The summed E-state index contributed by atoms with van der Waals surface area (Å²) in [6.07, 6.45) is 6.19. The maximum Gasteiger partial charge on any atom is 0.413 e. The Labute approximate surface area is 184 Å². The molecule has 1 unspecified atom stereocenters. The number of pyridine rings is 1. The third-order valence-corrected chi connectivity index (χ3v) is 6.39. The zero-order chi connectivity index (χ0) is 21.5. The van der Waals surface area contributed by atoms with Crippen LogP contribution in [-0.2, 0) is 4.74 Å². The van der Waals surface area contributed by atoms with Crippen molar-refractivity contribution in [1.29, 1.82) is 0 Å². The lowest BCUT2D eigenvalue weighted by atomic mass is 9.97. The van der Waals surface area contributed by atoms with Gasteiger partial charge in [0, 0.05) is 37.3 Å². The number of hydrogen-bond donors (Lipinski definition) is 1. The Bertz CT molecular complexity index is 869. The number of hydrogen-bond acceptors (Lipinski definition) is 6. The quantitative estimate of drug-likeness (QED) is 0.686. The highest BCUT2D eigenvalue weighted by molar-refractivity contribution is 5.81. The second kappa shape index (κ2) is 10.8. The molecule has 1 N–H and O–H groups in total. The molecular formula is C24H33N3O4. The van der Waals surface area contributed by atoms with Gasteiger partial charge in [-0.1, -0.05) is 0 Å². The maximum absolute atomic E-state index is 12.1. The number of amides is 1. The molecule has 2 aliphatic rings. The first kappa shape index (κ1) is 21.8. The van der Waals surface area contributed by atoms with Crippen LogP contribution >= 0.6 is 0 Å². The van der Waals surface area contributed by atoms with E-state index in [9.17, 15) is 4.79 Å². The van der Waals surface area contributed by atoms with Crippen molar-refractivity contribution in [2.45, 2.75) is 44.6 Å². The Morgan fingerprint density at radius 3 is 2.87 bits per heavy atom. The Hall–Kier alpha value is -2.38. The minimum Gasteiger partial charge on any atom is -0.494 e. The minimum absolute atomic E-state index is 0.300. The Morgan fingerprint density at radius 2 is 2.06 bits per heavy atom. The third-order valence-electron chi connectivity index (χ3n) is 6.39. The van der Waals surface area contributed by atoms with Crippen LogP contribution in [0.15, 0.2) is 30.3 Å². The number of fused-ring (bicyclic) bond motifs is 1. The highest BCUT2D eigenvalue weighted by atomic mass is 16.6. The molecule has 0 aliphatic carbocycles. The number of aromatic nitrogens is 1. The van der Waals surface area contributed by atoms with Gasteiger partial charge in [0.15, 0.2) is 0 Å². The average molecular weight is 428 g/mol. The maximum atomic E-state index is 12.1. The standard InChI is InChI=1S/C24H33N3O4/c1-27-13-2-3-20(27)11-16-30-21-5-6-22-19(17-21)4-7-23(26-22)31-24(28)25-12-8-18-9-14-29-15-10-18/h4-7,17-18,20H,2-3,8-16H2,1H3,(H,25,28). The number of likely N-dealkylation sites (tertiary alicyclic amines) is 1. The summed E-state index contributed by atoms with van der Waals surface area (Å²) in [7, 11) is 2.19. The van der Waals surface area contributed by atoms with Crippen LogP contribution in [0.25, 0.3) is 10.9 Å². The SMILES string of the molecule is CN1CCCC1CCOc1ccc2nc(OC(=O)NCCC3CCOCC3)ccc2c1. The van der Waals surface area contributed by atoms with Crippen LogP contribution in [0.3, 0.4) is 0 Å². The lowest BCUT2D eigenvalue weighted by Gasteiger charge is -2.21. The van der Waals surface area contributed by atoms with Gasteiger partial charge in [0.25, 0.3) is 0 Å². The number of rotatable bonds is 8. The van der Waals surface area contributed by atoms with E-state index >= 15 is 0 Å². The van der Waals surface area contributed by atoms with E-state index < -0.39 is 6.09 Å². The molecule has 2 aromatic rings. The van der Waals surface area contributed by atoms with Crippen LogP contribution in [-0.4, -0.2) is 62.0 Å². The van der Waals surface area contributed by atoms with Crippen LogP contribution in [0, 0.1) is 5.92 Å². The van der Waals surface area contributed by atoms with Gasteiger partial charge >= 0.3 is 6.09 Å². The summed E-state index contributed by atoms with van der Waals surface area (Å²) in [6.45, 7) is 4.14. The molecule has 168 valence electrons. The highest BCUT2D eigenvalue weighted by Crippen LogP contribution is 2.23. The first-order chi connectivity index (χ1) is 15.2. The van der Waals surface area contributed by atoms with Gasteiger partial charge in [-0.3, -0.25) is 0 Å². The summed E-state index contributed by atoms with van der Waals surface area (Å²) in [5.41, 5.74) is 0.774. The van der Waals surface area contributed by atoms with Crippen LogP contribution in [0.4, 0.5) is 4.79 Å². The molecule has 2 fully saturated rings. The zero-order valence-electron chi connectivity index (χ0n) is 18.3. The van der Waals surface area contributed by atoms with Crippen LogP contribution < -0.4 is 14.8 Å². The van der Waals surface area contributed by atoms with Gasteiger partial charge in [0.1, 0.15) is 5.75 Å². The lowest BCUT2D eigenvalue weighted by molar-refractivity contribution is 0.0640. The number of ether oxygens (including phenoxy) is 3. The van der Waals surface area contributed by atoms with E-state index in [0.717, 1.165) is 55.5 Å². The molecule has 0 spiro atoms. The number of benzene rings is 1. The summed E-state index contributed by atoms with van der Waals surface area (Å²) < 4.78 is 16.7.